The van der Waals surface area contributed by atoms with Crippen LogP contribution in [0, 0.1) is 0 Å². The van der Waals surface area contributed by atoms with Gasteiger partial charge in [0.1, 0.15) is 5.60 Å². The molecule has 5 heteroatoms. The summed E-state index contributed by atoms with van der Waals surface area (Å²) in [5, 5.41) is 0.963. The summed E-state index contributed by atoms with van der Waals surface area (Å²) in [6.07, 6.45) is 2.69. The van der Waals surface area contributed by atoms with Gasteiger partial charge >= 0.3 is 6.09 Å². The Hall–Kier alpha value is -2.30. The predicted octanol–water partition coefficient (Wildman–Crippen LogP) is 3.82. The molecule has 0 saturated heterocycles. The average Bonchev–Trinajstić information content (AvgIpc) is 2.43. The van der Waals surface area contributed by atoms with Gasteiger partial charge in [0.15, 0.2) is 0 Å². The van der Waals surface area contributed by atoms with Gasteiger partial charge in [-0.1, -0.05) is 18.2 Å². The summed E-state index contributed by atoms with van der Waals surface area (Å²) in [5.41, 5.74) is 0.696. The molecule has 0 radical (unpaired) electrons. The number of para-hydroxylation sites is 1. The summed E-state index contributed by atoms with van der Waals surface area (Å²) in [6.45, 7) is 5.84. The third kappa shape index (κ3) is 3.61. The topological polar surface area (TPSA) is 62.4 Å². The molecule has 128 valence electrons. The quantitative estimate of drug-likeness (QED) is 0.931. The number of amides is 1. The van der Waals surface area contributed by atoms with E-state index in [1.165, 1.54) is 0 Å². The van der Waals surface area contributed by atoms with Crippen LogP contribution in [0.25, 0.3) is 10.9 Å². The first kappa shape index (κ1) is 16.6. The molecule has 0 aliphatic heterocycles. The Kier molecular flexibility index (Phi) is 4.35. The highest BCUT2D eigenvalue weighted by Gasteiger charge is 2.32. The van der Waals surface area contributed by atoms with Crippen LogP contribution in [0.15, 0.2) is 35.1 Å². The Morgan fingerprint density at radius 2 is 2.00 bits per heavy atom. The van der Waals surface area contributed by atoms with Gasteiger partial charge < -0.3 is 14.6 Å². The first-order valence-corrected chi connectivity index (χ1v) is 8.44. The molecular weight excluding hydrogens is 304 g/mol. The monoisotopic (exact) mass is 328 g/mol. The van der Waals surface area contributed by atoms with Crippen LogP contribution in [-0.4, -0.2) is 27.6 Å². The van der Waals surface area contributed by atoms with Crippen molar-refractivity contribution >= 4 is 17.0 Å². The number of carbonyl (C=O) groups is 1. The highest BCUT2D eigenvalue weighted by Crippen LogP contribution is 2.27. The van der Waals surface area contributed by atoms with Gasteiger partial charge in [0.25, 0.3) is 5.56 Å². The summed E-state index contributed by atoms with van der Waals surface area (Å²) < 4.78 is 5.53. The van der Waals surface area contributed by atoms with Gasteiger partial charge in [-0.25, -0.2) is 4.79 Å². The van der Waals surface area contributed by atoms with Gasteiger partial charge in [-0.3, -0.25) is 4.79 Å². The molecule has 0 unspecified atom stereocenters. The highest BCUT2D eigenvalue weighted by atomic mass is 16.6. The second-order valence-electron chi connectivity index (χ2n) is 7.40. The van der Waals surface area contributed by atoms with E-state index in [2.05, 4.69) is 4.98 Å². The fourth-order valence-electron chi connectivity index (χ4n) is 2.86. The summed E-state index contributed by atoms with van der Waals surface area (Å²) in [4.78, 5) is 29.5. The number of hydrogen-bond acceptors (Lipinski definition) is 3. The zero-order valence-electron chi connectivity index (χ0n) is 14.5. The van der Waals surface area contributed by atoms with Crippen molar-refractivity contribution in [1.82, 2.24) is 9.88 Å². The molecule has 5 nitrogen and oxygen atoms in total. The first-order valence-electron chi connectivity index (χ1n) is 8.44. The van der Waals surface area contributed by atoms with E-state index in [1.807, 2.05) is 51.1 Å². The number of nitrogens with one attached hydrogen (secondary N) is 1. The van der Waals surface area contributed by atoms with Crippen molar-refractivity contribution in [3.8, 4) is 0 Å². The molecule has 3 rings (SSSR count). The lowest BCUT2D eigenvalue weighted by molar-refractivity contribution is 0.00453. The van der Waals surface area contributed by atoms with Gasteiger partial charge in [-0.05, 0) is 57.6 Å². The van der Waals surface area contributed by atoms with Crippen LogP contribution in [0.3, 0.4) is 0 Å². The Balaban J connectivity index is 1.88. The number of fused-ring (bicyclic) bond motifs is 1. The van der Waals surface area contributed by atoms with Crippen molar-refractivity contribution in [1.29, 1.82) is 0 Å². The molecule has 1 amide bonds. The molecule has 1 heterocycles. The number of benzene rings is 1. The van der Waals surface area contributed by atoms with Crippen LogP contribution in [0.5, 0.6) is 0 Å². The standard InChI is InChI=1S/C19H24N2O3/c1-19(2,3)24-18(23)21(15-8-6-9-15)12-14-11-13-7-4-5-10-16(13)20-17(14)22/h4-5,7,10-11,15H,6,8-9,12H2,1-3H3,(H,20,22). The summed E-state index contributed by atoms with van der Waals surface area (Å²) >= 11 is 0. The van der Waals surface area contributed by atoms with Crippen molar-refractivity contribution in [3.63, 3.8) is 0 Å². The van der Waals surface area contributed by atoms with Crippen LogP contribution in [0.4, 0.5) is 4.79 Å². The molecule has 2 aromatic rings. The summed E-state index contributed by atoms with van der Waals surface area (Å²) in [5.74, 6) is 0. The molecule has 1 aliphatic carbocycles. The fraction of sp³-hybridized carbons (Fsp3) is 0.474. The molecule has 24 heavy (non-hydrogen) atoms. The lowest BCUT2D eigenvalue weighted by Crippen LogP contribution is -2.46. The lowest BCUT2D eigenvalue weighted by Gasteiger charge is -2.38. The van der Waals surface area contributed by atoms with E-state index >= 15 is 0 Å². The molecule has 0 spiro atoms. The fourth-order valence-corrected chi connectivity index (χ4v) is 2.86. The molecule has 0 bridgehead atoms. The predicted molar refractivity (Wildman–Crippen MR) is 94.0 cm³/mol. The van der Waals surface area contributed by atoms with Gasteiger partial charge in [0.05, 0.1) is 6.54 Å². The van der Waals surface area contributed by atoms with Gasteiger partial charge in [-0.15, -0.1) is 0 Å². The third-order valence-corrected chi connectivity index (χ3v) is 4.31. The maximum absolute atomic E-state index is 12.6. The van der Waals surface area contributed by atoms with Gasteiger partial charge in [-0.2, -0.15) is 0 Å². The number of aromatic amines is 1. The minimum atomic E-state index is -0.547. The SMILES string of the molecule is CC(C)(C)OC(=O)N(Cc1cc2ccccc2[nH]c1=O)C1CCC1. The van der Waals surface area contributed by atoms with Crippen molar-refractivity contribution in [2.45, 2.75) is 58.2 Å². The summed E-state index contributed by atoms with van der Waals surface area (Å²) in [7, 11) is 0. The van der Waals surface area contributed by atoms with E-state index in [9.17, 15) is 9.59 Å². The minimum Gasteiger partial charge on any atom is -0.444 e. The Morgan fingerprint density at radius 3 is 2.62 bits per heavy atom. The zero-order valence-corrected chi connectivity index (χ0v) is 14.5. The second-order valence-corrected chi connectivity index (χ2v) is 7.40. The van der Waals surface area contributed by atoms with E-state index < -0.39 is 5.60 Å². The Bertz CT molecular complexity index is 800. The molecule has 1 fully saturated rings. The van der Waals surface area contributed by atoms with Crippen LogP contribution < -0.4 is 5.56 Å². The molecule has 0 atom stereocenters. The van der Waals surface area contributed by atoms with Crippen molar-refractivity contribution < 1.29 is 9.53 Å². The number of carbonyl (C=O) groups excluding carboxylic acids is 1. The maximum Gasteiger partial charge on any atom is 0.410 e. The smallest absolute Gasteiger partial charge is 0.410 e. The van der Waals surface area contributed by atoms with Crippen molar-refractivity contribution in [2.75, 3.05) is 0 Å². The Morgan fingerprint density at radius 1 is 1.29 bits per heavy atom. The normalized spacial score (nSPS) is 15.1. The Labute approximate surface area is 141 Å². The molecule has 1 N–H and O–H groups in total. The summed E-state index contributed by atoms with van der Waals surface area (Å²) in [6, 6.07) is 9.67. The van der Waals surface area contributed by atoms with Crippen molar-refractivity contribution in [2.24, 2.45) is 0 Å². The van der Waals surface area contributed by atoms with Gasteiger partial charge in [0, 0.05) is 17.1 Å². The maximum atomic E-state index is 12.6. The number of nitrogens with zero attached hydrogens (tertiary/aromatic N) is 1. The van der Waals surface area contributed by atoms with E-state index in [0.29, 0.717) is 5.56 Å². The van der Waals surface area contributed by atoms with Crippen LogP contribution >= 0.6 is 0 Å². The highest BCUT2D eigenvalue weighted by molar-refractivity contribution is 5.78. The molecular formula is C19H24N2O3. The van der Waals surface area contributed by atoms with Gasteiger partial charge in [0.2, 0.25) is 0 Å². The molecule has 1 aliphatic rings. The number of pyridine rings is 1. The van der Waals surface area contributed by atoms with E-state index in [-0.39, 0.29) is 24.2 Å². The molecule has 1 aromatic heterocycles. The molecule has 1 saturated carbocycles. The first-order chi connectivity index (χ1) is 11.3. The van der Waals surface area contributed by atoms with E-state index in [4.69, 9.17) is 4.74 Å². The zero-order chi connectivity index (χ0) is 17.3. The van der Waals surface area contributed by atoms with Crippen molar-refractivity contribution in [3.05, 3.63) is 46.2 Å². The second kappa shape index (κ2) is 6.30. The average molecular weight is 328 g/mol. The minimum absolute atomic E-state index is 0.151. The lowest BCUT2D eigenvalue weighted by atomic mass is 9.91. The third-order valence-electron chi connectivity index (χ3n) is 4.31. The number of ether oxygens (including phenoxy) is 1. The number of hydrogen-bond donors (Lipinski definition) is 1. The number of aromatic nitrogens is 1. The largest absolute Gasteiger partial charge is 0.444 e. The number of H-pyrrole nitrogens is 1. The van der Waals surface area contributed by atoms with E-state index in [0.717, 1.165) is 30.2 Å². The van der Waals surface area contributed by atoms with Crippen LogP contribution in [-0.2, 0) is 11.3 Å². The van der Waals surface area contributed by atoms with Crippen LogP contribution in [0.2, 0.25) is 0 Å². The molecule has 1 aromatic carbocycles. The van der Waals surface area contributed by atoms with Crippen LogP contribution in [0.1, 0.15) is 45.6 Å². The number of rotatable bonds is 3. The van der Waals surface area contributed by atoms with E-state index in [1.54, 1.807) is 4.90 Å².